The van der Waals surface area contributed by atoms with Crippen molar-refractivity contribution in [3.8, 4) is 0 Å². The first-order chi connectivity index (χ1) is 9.52. The van der Waals surface area contributed by atoms with Crippen molar-refractivity contribution in [2.75, 3.05) is 0 Å². The summed E-state index contributed by atoms with van der Waals surface area (Å²) in [6.07, 6.45) is 4.22. The number of rotatable bonds is 9. The fourth-order valence-electron chi connectivity index (χ4n) is 2.15. The molecule has 0 radical (unpaired) electrons. The van der Waals surface area contributed by atoms with Crippen LogP contribution in [0.2, 0.25) is 0 Å². The molecule has 1 unspecified atom stereocenters. The standard InChI is InChI=1S/C16H24FNO2/c1-3-4-5-15(16(19)20)18-12(2)6-7-13-8-10-14(17)11-9-13/h8-12,15,18H,3-7H2,1-2H3,(H,19,20)/t12?,15-/m0/s1. The summed E-state index contributed by atoms with van der Waals surface area (Å²) in [4.78, 5) is 11.1. The molecule has 4 heteroatoms. The summed E-state index contributed by atoms with van der Waals surface area (Å²) in [5.74, 6) is -1.02. The number of benzene rings is 1. The van der Waals surface area contributed by atoms with Gasteiger partial charge in [0.25, 0.3) is 0 Å². The lowest BCUT2D eigenvalue weighted by Crippen LogP contribution is -2.42. The van der Waals surface area contributed by atoms with Gasteiger partial charge in [0.1, 0.15) is 11.9 Å². The molecular formula is C16H24FNO2. The highest BCUT2D eigenvalue weighted by molar-refractivity contribution is 5.73. The van der Waals surface area contributed by atoms with Crippen LogP contribution in [0.4, 0.5) is 4.39 Å². The van der Waals surface area contributed by atoms with E-state index in [0.717, 1.165) is 31.2 Å². The Labute approximate surface area is 120 Å². The minimum absolute atomic E-state index is 0.123. The summed E-state index contributed by atoms with van der Waals surface area (Å²) in [7, 11) is 0. The Hall–Kier alpha value is -1.42. The van der Waals surface area contributed by atoms with Crippen molar-refractivity contribution in [1.29, 1.82) is 0 Å². The molecule has 0 fully saturated rings. The Kier molecular flexibility index (Phi) is 7.23. The van der Waals surface area contributed by atoms with Gasteiger partial charge < -0.3 is 10.4 Å². The van der Waals surface area contributed by atoms with Crippen LogP contribution in [0.25, 0.3) is 0 Å². The maximum Gasteiger partial charge on any atom is 0.320 e. The molecule has 0 amide bonds. The lowest BCUT2D eigenvalue weighted by Gasteiger charge is -2.20. The highest BCUT2D eigenvalue weighted by atomic mass is 19.1. The molecule has 0 aliphatic heterocycles. The molecule has 0 aliphatic carbocycles. The van der Waals surface area contributed by atoms with Gasteiger partial charge in [0, 0.05) is 6.04 Å². The first-order valence-corrected chi connectivity index (χ1v) is 7.26. The third-order valence-electron chi connectivity index (χ3n) is 3.41. The van der Waals surface area contributed by atoms with Gasteiger partial charge in [-0.1, -0.05) is 31.9 Å². The van der Waals surface area contributed by atoms with E-state index in [9.17, 15) is 9.18 Å². The Morgan fingerprint density at radius 2 is 1.95 bits per heavy atom. The van der Waals surface area contributed by atoms with Gasteiger partial charge >= 0.3 is 5.97 Å². The Morgan fingerprint density at radius 3 is 2.50 bits per heavy atom. The van der Waals surface area contributed by atoms with Gasteiger partial charge in [-0.25, -0.2) is 4.39 Å². The number of aliphatic carboxylic acids is 1. The molecule has 20 heavy (non-hydrogen) atoms. The van der Waals surface area contributed by atoms with Crippen LogP contribution in [-0.2, 0) is 11.2 Å². The largest absolute Gasteiger partial charge is 0.480 e. The average Bonchev–Trinajstić information content (AvgIpc) is 2.42. The van der Waals surface area contributed by atoms with Crippen molar-refractivity contribution in [2.24, 2.45) is 0 Å². The summed E-state index contributed by atoms with van der Waals surface area (Å²) in [5, 5.41) is 12.3. The fourth-order valence-corrected chi connectivity index (χ4v) is 2.15. The SMILES string of the molecule is CCCC[C@H](NC(C)CCc1ccc(F)cc1)C(=O)O. The molecule has 0 saturated carbocycles. The van der Waals surface area contributed by atoms with Gasteiger partial charge in [-0.2, -0.15) is 0 Å². The number of carboxylic acids is 1. The molecule has 0 saturated heterocycles. The van der Waals surface area contributed by atoms with E-state index in [4.69, 9.17) is 5.11 Å². The maximum absolute atomic E-state index is 12.8. The van der Waals surface area contributed by atoms with Gasteiger partial charge in [-0.05, 0) is 43.9 Å². The molecule has 2 atom stereocenters. The normalized spacial score (nSPS) is 13.9. The number of unbranched alkanes of at least 4 members (excludes halogenated alkanes) is 1. The molecule has 0 bridgehead atoms. The number of hydrogen-bond acceptors (Lipinski definition) is 2. The molecule has 0 aromatic heterocycles. The predicted octanol–water partition coefficient (Wildman–Crippen LogP) is 3.38. The van der Waals surface area contributed by atoms with Crippen LogP contribution in [0.1, 0.15) is 45.1 Å². The van der Waals surface area contributed by atoms with Crippen molar-refractivity contribution in [2.45, 2.75) is 58.0 Å². The third kappa shape index (κ3) is 6.15. The zero-order valence-electron chi connectivity index (χ0n) is 12.2. The molecule has 0 spiro atoms. The summed E-state index contributed by atoms with van der Waals surface area (Å²) in [6, 6.07) is 6.10. The highest BCUT2D eigenvalue weighted by Crippen LogP contribution is 2.09. The molecule has 1 aromatic rings. The molecular weight excluding hydrogens is 257 g/mol. The summed E-state index contributed by atoms with van der Waals surface area (Å²) in [5.41, 5.74) is 1.07. The number of hydrogen-bond donors (Lipinski definition) is 2. The van der Waals surface area contributed by atoms with Crippen molar-refractivity contribution in [3.05, 3.63) is 35.6 Å². The van der Waals surface area contributed by atoms with Crippen LogP contribution >= 0.6 is 0 Å². The summed E-state index contributed by atoms with van der Waals surface area (Å²) in [6.45, 7) is 4.04. The van der Waals surface area contributed by atoms with E-state index in [2.05, 4.69) is 12.2 Å². The third-order valence-corrected chi connectivity index (χ3v) is 3.41. The number of carboxylic acid groups (broad SMARTS) is 1. The Morgan fingerprint density at radius 1 is 1.30 bits per heavy atom. The van der Waals surface area contributed by atoms with Gasteiger partial charge in [-0.15, -0.1) is 0 Å². The lowest BCUT2D eigenvalue weighted by molar-refractivity contribution is -0.139. The quantitative estimate of drug-likeness (QED) is 0.729. The van der Waals surface area contributed by atoms with E-state index in [0.29, 0.717) is 6.42 Å². The van der Waals surface area contributed by atoms with Crippen molar-refractivity contribution in [1.82, 2.24) is 5.32 Å². The second-order valence-electron chi connectivity index (χ2n) is 5.27. The van der Waals surface area contributed by atoms with Crippen LogP contribution in [0.15, 0.2) is 24.3 Å². The van der Waals surface area contributed by atoms with Crippen molar-refractivity contribution < 1.29 is 14.3 Å². The Balaban J connectivity index is 2.39. The molecule has 0 heterocycles. The fraction of sp³-hybridized carbons (Fsp3) is 0.562. The first kappa shape index (κ1) is 16.6. The second kappa shape index (κ2) is 8.69. The number of carbonyl (C=O) groups is 1. The molecule has 112 valence electrons. The minimum Gasteiger partial charge on any atom is -0.480 e. The molecule has 1 aromatic carbocycles. The zero-order valence-corrected chi connectivity index (χ0v) is 12.2. The van der Waals surface area contributed by atoms with E-state index < -0.39 is 12.0 Å². The van der Waals surface area contributed by atoms with Crippen LogP contribution in [-0.4, -0.2) is 23.2 Å². The van der Waals surface area contributed by atoms with E-state index in [1.165, 1.54) is 12.1 Å². The van der Waals surface area contributed by atoms with E-state index in [1.807, 2.05) is 6.92 Å². The zero-order chi connectivity index (χ0) is 15.0. The number of aryl methyl sites for hydroxylation is 1. The van der Waals surface area contributed by atoms with Crippen molar-refractivity contribution in [3.63, 3.8) is 0 Å². The van der Waals surface area contributed by atoms with Crippen molar-refractivity contribution >= 4 is 5.97 Å². The van der Waals surface area contributed by atoms with Gasteiger partial charge in [0.05, 0.1) is 0 Å². The smallest absolute Gasteiger partial charge is 0.320 e. The van der Waals surface area contributed by atoms with Crippen LogP contribution in [0.5, 0.6) is 0 Å². The van der Waals surface area contributed by atoms with Gasteiger partial charge in [0.15, 0.2) is 0 Å². The topological polar surface area (TPSA) is 49.3 Å². The van der Waals surface area contributed by atoms with Crippen LogP contribution < -0.4 is 5.32 Å². The number of nitrogens with one attached hydrogen (secondary N) is 1. The molecule has 1 rings (SSSR count). The van der Waals surface area contributed by atoms with Crippen LogP contribution in [0, 0.1) is 5.82 Å². The molecule has 3 nitrogen and oxygen atoms in total. The minimum atomic E-state index is -0.785. The summed E-state index contributed by atoms with van der Waals surface area (Å²) >= 11 is 0. The summed E-state index contributed by atoms with van der Waals surface area (Å²) < 4.78 is 12.8. The monoisotopic (exact) mass is 281 g/mol. The highest BCUT2D eigenvalue weighted by Gasteiger charge is 2.18. The van der Waals surface area contributed by atoms with E-state index in [-0.39, 0.29) is 11.9 Å². The van der Waals surface area contributed by atoms with Crippen LogP contribution in [0.3, 0.4) is 0 Å². The lowest BCUT2D eigenvalue weighted by atomic mass is 10.0. The van der Waals surface area contributed by atoms with E-state index >= 15 is 0 Å². The predicted molar refractivity (Wildman–Crippen MR) is 78.3 cm³/mol. The second-order valence-corrected chi connectivity index (χ2v) is 5.27. The molecule has 2 N–H and O–H groups in total. The Bertz CT molecular complexity index is 405. The van der Waals surface area contributed by atoms with Gasteiger partial charge in [0.2, 0.25) is 0 Å². The first-order valence-electron chi connectivity index (χ1n) is 7.26. The van der Waals surface area contributed by atoms with Gasteiger partial charge in [-0.3, -0.25) is 4.79 Å². The van der Waals surface area contributed by atoms with E-state index in [1.54, 1.807) is 12.1 Å². The molecule has 0 aliphatic rings. The average molecular weight is 281 g/mol. The maximum atomic E-state index is 12.8. The number of halogens is 1.